The molecule has 0 aromatic heterocycles. The standard InChI is InChI=1S/C25H42NO4/c1-9-10-15-26(7,8)16-21-11-13-22(14-12-21)17-29-24(28)25(6,20(4)5)18-30-23(27)19(2)3/h11-14,20,23,27H,2,9-10,15-18H2,1,3-8H3/q+1. The molecule has 0 bridgehead atoms. The van der Waals surface area contributed by atoms with Gasteiger partial charge >= 0.3 is 5.97 Å². The molecule has 0 saturated carbocycles. The van der Waals surface area contributed by atoms with E-state index in [9.17, 15) is 9.90 Å². The number of hydrogen-bond acceptors (Lipinski definition) is 4. The van der Waals surface area contributed by atoms with Crippen LogP contribution in [0.25, 0.3) is 0 Å². The van der Waals surface area contributed by atoms with Crippen molar-refractivity contribution < 1.29 is 23.9 Å². The molecule has 1 aromatic rings. The van der Waals surface area contributed by atoms with Gasteiger partial charge < -0.3 is 19.1 Å². The molecule has 5 nitrogen and oxygen atoms in total. The minimum Gasteiger partial charge on any atom is -0.460 e. The largest absolute Gasteiger partial charge is 0.460 e. The van der Waals surface area contributed by atoms with E-state index in [1.165, 1.54) is 18.4 Å². The fourth-order valence-corrected chi connectivity index (χ4v) is 3.07. The highest BCUT2D eigenvalue weighted by atomic mass is 16.6. The number of rotatable bonds is 13. The Morgan fingerprint density at radius 1 is 1.20 bits per heavy atom. The molecule has 0 heterocycles. The average Bonchev–Trinajstić information content (AvgIpc) is 2.68. The predicted molar refractivity (Wildman–Crippen MR) is 122 cm³/mol. The second-order valence-corrected chi connectivity index (χ2v) is 9.65. The predicted octanol–water partition coefficient (Wildman–Crippen LogP) is 4.68. The molecule has 0 aliphatic rings. The van der Waals surface area contributed by atoms with Crippen LogP contribution < -0.4 is 0 Å². The van der Waals surface area contributed by atoms with Crippen LogP contribution in [0.5, 0.6) is 0 Å². The van der Waals surface area contributed by atoms with Crippen LogP contribution in [0.1, 0.15) is 58.6 Å². The maximum absolute atomic E-state index is 12.8. The summed E-state index contributed by atoms with van der Waals surface area (Å²) >= 11 is 0. The van der Waals surface area contributed by atoms with E-state index in [2.05, 4.69) is 39.7 Å². The molecule has 0 saturated heterocycles. The number of nitrogens with zero attached hydrogens (tertiary/aromatic N) is 1. The lowest BCUT2D eigenvalue weighted by Gasteiger charge is -2.32. The van der Waals surface area contributed by atoms with Gasteiger partial charge in [0, 0.05) is 5.56 Å². The Labute approximate surface area is 183 Å². The number of unbranched alkanes of at least 4 members (excludes halogenated alkanes) is 1. The summed E-state index contributed by atoms with van der Waals surface area (Å²) in [6.07, 6.45) is 1.35. The van der Waals surface area contributed by atoms with Gasteiger partial charge in [0.2, 0.25) is 0 Å². The van der Waals surface area contributed by atoms with Gasteiger partial charge in [-0.25, -0.2) is 0 Å². The number of esters is 1. The number of ether oxygens (including phenoxy) is 2. The number of quaternary nitrogens is 1. The molecule has 2 atom stereocenters. The van der Waals surface area contributed by atoms with Crippen LogP contribution in [-0.4, -0.2) is 49.1 Å². The molecule has 30 heavy (non-hydrogen) atoms. The first-order valence-electron chi connectivity index (χ1n) is 10.9. The average molecular weight is 421 g/mol. The molecule has 0 aliphatic carbocycles. The first-order valence-corrected chi connectivity index (χ1v) is 10.9. The summed E-state index contributed by atoms with van der Waals surface area (Å²) in [7, 11) is 4.51. The molecule has 1 N–H and O–H groups in total. The molecular weight excluding hydrogens is 378 g/mol. The van der Waals surface area contributed by atoms with E-state index in [-0.39, 0.29) is 25.1 Å². The third kappa shape index (κ3) is 8.21. The number of aliphatic hydroxyl groups excluding tert-OH is 1. The Bertz CT molecular complexity index is 681. The fraction of sp³-hybridized carbons (Fsp3) is 0.640. The van der Waals surface area contributed by atoms with Gasteiger partial charge in [-0.05, 0) is 37.3 Å². The Hall–Kier alpha value is -1.69. The molecule has 0 fully saturated rings. The van der Waals surface area contributed by atoms with E-state index < -0.39 is 11.7 Å². The maximum atomic E-state index is 12.8. The van der Waals surface area contributed by atoms with Crippen LogP contribution in [0.3, 0.4) is 0 Å². The number of benzene rings is 1. The molecular formula is C25H42NO4+. The van der Waals surface area contributed by atoms with Gasteiger partial charge in [0.05, 0.1) is 32.7 Å². The molecule has 1 rings (SSSR count). The van der Waals surface area contributed by atoms with E-state index in [1.807, 2.05) is 32.9 Å². The van der Waals surface area contributed by atoms with E-state index in [0.29, 0.717) is 5.57 Å². The Kier molecular flexibility index (Phi) is 10.2. The first kappa shape index (κ1) is 26.3. The van der Waals surface area contributed by atoms with E-state index in [1.54, 1.807) is 6.92 Å². The van der Waals surface area contributed by atoms with E-state index in [0.717, 1.165) is 23.1 Å². The first-order chi connectivity index (χ1) is 13.9. The summed E-state index contributed by atoms with van der Waals surface area (Å²) in [5, 5.41) is 9.84. The molecule has 0 spiro atoms. The quantitative estimate of drug-likeness (QED) is 0.218. The van der Waals surface area contributed by atoms with Crippen molar-refractivity contribution in [2.75, 3.05) is 27.2 Å². The highest BCUT2D eigenvalue weighted by Gasteiger charge is 2.39. The lowest BCUT2D eigenvalue weighted by atomic mass is 9.80. The molecule has 170 valence electrons. The van der Waals surface area contributed by atoms with Gasteiger partial charge in [0.25, 0.3) is 0 Å². The van der Waals surface area contributed by atoms with Crippen molar-refractivity contribution in [3.05, 3.63) is 47.5 Å². The lowest BCUT2D eigenvalue weighted by Crippen LogP contribution is -2.40. The maximum Gasteiger partial charge on any atom is 0.314 e. The zero-order valence-electron chi connectivity index (χ0n) is 20.0. The minimum absolute atomic E-state index is 0.00665. The van der Waals surface area contributed by atoms with Crippen LogP contribution in [0.4, 0.5) is 0 Å². The van der Waals surface area contributed by atoms with Crippen molar-refractivity contribution in [2.45, 2.75) is 66.9 Å². The second-order valence-electron chi connectivity index (χ2n) is 9.65. The molecule has 5 heteroatoms. The van der Waals surface area contributed by atoms with Gasteiger partial charge in [0.1, 0.15) is 13.2 Å². The Morgan fingerprint density at radius 2 is 1.77 bits per heavy atom. The number of carbonyl (C=O) groups is 1. The smallest absolute Gasteiger partial charge is 0.314 e. The number of carbonyl (C=O) groups excluding carboxylic acids is 1. The molecule has 0 amide bonds. The number of hydrogen-bond donors (Lipinski definition) is 1. The third-order valence-corrected chi connectivity index (χ3v) is 5.82. The van der Waals surface area contributed by atoms with E-state index in [4.69, 9.17) is 9.47 Å². The molecule has 0 aliphatic heterocycles. The summed E-state index contributed by atoms with van der Waals surface area (Å²) < 4.78 is 12.0. The number of aliphatic hydroxyl groups is 1. The molecule has 1 aromatic carbocycles. The molecule has 0 radical (unpaired) electrons. The van der Waals surface area contributed by atoms with E-state index >= 15 is 0 Å². The van der Waals surface area contributed by atoms with Crippen LogP contribution in [0.2, 0.25) is 0 Å². The van der Waals surface area contributed by atoms with Crippen LogP contribution in [0.15, 0.2) is 36.4 Å². The van der Waals surface area contributed by atoms with Gasteiger partial charge in [0.15, 0.2) is 6.29 Å². The van der Waals surface area contributed by atoms with Crippen LogP contribution in [0, 0.1) is 11.3 Å². The third-order valence-electron chi connectivity index (χ3n) is 5.82. The Morgan fingerprint density at radius 3 is 2.27 bits per heavy atom. The van der Waals surface area contributed by atoms with Crippen LogP contribution >= 0.6 is 0 Å². The second kappa shape index (κ2) is 11.6. The van der Waals surface area contributed by atoms with Crippen molar-refractivity contribution >= 4 is 5.97 Å². The minimum atomic E-state index is -1.08. The Balaban J connectivity index is 2.68. The van der Waals surface area contributed by atoms with Gasteiger partial charge in [-0.3, -0.25) is 4.79 Å². The van der Waals surface area contributed by atoms with Crippen molar-refractivity contribution in [1.82, 2.24) is 0 Å². The summed E-state index contributed by atoms with van der Waals surface area (Å²) in [6.45, 7) is 15.7. The zero-order chi connectivity index (χ0) is 22.9. The highest BCUT2D eigenvalue weighted by molar-refractivity contribution is 5.77. The highest BCUT2D eigenvalue weighted by Crippen LogP contribution is 2.30. The van der Waals surface area contributed by atoms with Gasteiger partial charge in [-0.1, -0.05) is 58.0 Å². The molecule has 2 unspecified atom stereocenters. The normalized spacial score (nSPS) is 15.0. The van der Waals surface area contributed by atoms with Gasteiger partial charge in [-0.2, -0.15) is 0 Å². The SMILES string of the molecule is C=C(C)C(O)OCC(C)(C(=O)OCc1ccc(C[N+](C)(C)CCCC)cc1)C(C)C. The van der Waals surface area contributed by atoms with Gasteiger partial charge in [-0.15, -0.1) is 0 Å². The van der Waals surface area contributed by atoms with Crippen molar-refractivity contribution in [3.63, 3.8) is 0 Å². The lowest BCUT2D eigenvalue weighted by molar-refractivity contribution is -0.903. The summed E-state index contributed by atoms with van der Waals surface area (Å²) in [5.74, 6) is -0.333. The zero-order valence-corrected chi connectivity index (χ0v) is 20.0. The fourth-order valence-electron chi connectivity index (χ4n) is 3.07. The van der Waals surface area contributed by atoms with Crippen molar-refractivity contribution in [2.24, 2.45) is 11.3 Å². The summed E-state index contributed by atoms with van der Waals surface area (Å²) in [4.78, 5) is 12.8. The van der Waals surface area contributed by atoms with Crippen LogP contribution in [-0.2, 0) is 27.4 Å². The summed E-state index contributed by atoms with van der Waals surface area (Å²) in [5.41, 5.74) is 1.89. The summed E-state index contributed by atoms with van der Waals surface area (Å²) in [6, 6.07) is 8.28. The monoisotopic (exact) mass is 420 g/mol. The topological polar surface area (TPSA) is 55.8 Å². The van der Waals surface area contributed by atoms with Crippen molar-refractivity contribution in [1.29, 1.82) is 0 Å². The van der Waals surface area contributed by atoms with Crippen molar-refractivity contribution in [3.8, 4) is 0 Å².